The van der Waals surface area contributed by atoms with Gasteiger partial charge in [-0.15, -0.1) is 0 Å². The maximum atomic E-state index is 12.9. The molecule has 0 radical (unpaired) electrons. The number of rotatable bonds is 7. The molecule has 5 nitrogen and oxygen atoms in total. The molecular formula is C20H24N2O3S. The Hall–Kier alpha value is -2.36. The van der Waals surface area contributed by atoms with Crippen molar-refractivity contribution in [1.82, 2.24) is 4.72 Å². The van der Waals surface area contributed by atoms with Gasteiger partial charge in [0.1, 0.15) is 11.8 Å². The van der Waals surface area contributed by atoms with Crippen molar-refractivity contribution in [2.75, 3.05) is 7.11 Å². The molecule has 0 aliphatic carbocycles. The zero-order valence-electron chi connectivity index (χ0n) is 15.5. The average Bonchev–Trinajstić information content (AvgIpc) is 2.62. The van der Waals surface area contributed by atoms with Crippen LogP contribution in [-0.2, 0) is 16.4 Å². The smallest absolute Gasteiger partial charge is 0.242 e. The Balaban J connectivity index is 2.24. The minimum atomic E-state index is -3.81. The van der Waals surface area contributed by atoms with E-state index in [1.165, 1.54) is 0 Å². The highest BCUT2D eigenvalue weighted by Gasteiger charge is 2.25. The van der Waals surface area contributed by atoms with Crippen molar-refractivity contribution in [3.8, 4) is 11.8 Å². The van der Waals surface area contributed by atoms with Gasteiger partial charge in [-0.05, 0) is 61.9 Å². The van der Waals surface area contributed by atoms with Crippen LogP contribution in [0.25, 0.3) is 0 Å². The Morgan fingerprint density at radius 3 is 2.38 bits per heavy atom. The molecule has 0 aliphatic heterocycles. The number of hydrogen-bond acceptors (Lipinski definition) is 4. The molecule has 0 aliphatic rings. The molecule has 138 valence electrons. The van der Waals surface area contributed by atoms with E-state index in [0.29, 0.717) is 29.7 Å². The number of sulfonamides is 1. The first-order valence-corrected chi connectivity index (χ1v) is 9.89. The molecule has 6 heteroatoms. The van der Waals surface area contributed by atoms with Gasteiger partial charge < -0.3 is 4.74 Å². The molecule has 2 aromatic carbocycles. The summed E-state index contributed by atoms with van der Waals surface area (Å²) in [5.41, 5.74) is 3.07. The van der Waals surface area contributed by atoms with E-state index in [4.69, 9.17) is 4.74 Å². The lowest BCUT2D eigenvalue weighted by Crippen LogP contribution is -2.35. The van der Waals surface area contributed by atoms with E-state index < -0.39 is 16.1 Å². The zero-order valence-corrected chi connectivity index (χ0v) is 16.4. The fourth-order valence-corrected chi connectivity index (χ4v) is 4.70. The van der Waals surface area contributed by atoms with Gasteiger partial charge in [0.2, 0.25) is 10.0 Å². The van der Waals surface area contributed by atoms with Crippen molar-refractivity contribution < 1.29 is 13.2 Å². The second-order valence-electron chi connectivity index (χ2n) is 6.30. The van der Waals surface area contributed by atoms with E-state index in [9.17, 15) is 13.7 Å². The van der Waals surface area contributed by atoms with E-state index in [-0.39, 0.29) is 4.90 Å². The van der Waals surface area contributed by atoms with Crippen molar-refractivity contribution in [3.05, 3.63) is 58.7 Å². The minimum absolute atomic E-state index is 0.218. The second-order valence-corrected chi connectivity index (χ2v) is 7.95. The lowest BCUT2D eigenvalue weighted by Gasteiger charge is -2.18. The highest BCUT2D eigenvalue weighted by Crippen LogP contribution is 2.30. The zero-order chi connectivity index (χ0) is 19.3. The van der Waals surface area contributed by atoms with Crippen LogP contribution >= 0.6 is 0 Å². The normalized spacial score (nSPS) is 12.4. The summed E-state index contributed by atoms with van der Waals surface area (Å²) in [6.07, 6.45) is 1.04. The molecule has 0 saturated carbocycles. The molecular weight excluding hydrogens is 348 g/mol. The predicted octanol–water partition coefficient (Wildman–Crippen LogP) is 3.42. The fourth-order valence-electron chi connectivity index (χ4n) is 3.00. The number of ether oxygens (including phenoxy) is 1. The van der Waals surface area contributed by atoms with Crippen LogP contribution in [-0.4, -0.2) is 21.6 Å². The highest BCUT2D eigenvalue weighted by atomic mass is 32.2. The third-order valence-electron chi connectivity index (χ3n) is 4.48. The lowest BCUT2D eigenvalue weighted by molar-refractivity contribution is 0.410. The van der Waals surface area contributed by atoms with Crippen LogP contribution in [0.15, 0.2) is 41.3 Å². The van der Waals surface area contributed by atoms with E-state index >= 15 is 0 Å². The Kier molecular flexibility index (Phi) is 6.41. The summed E-state index contributed by atoms with van der Waals surface area (Å²) in [7, 11) is -2.25. The number of nitrogens with zero attached hydrogens (tertiary/aromatic N) is 1. The third kappa shape index (κ3) is 4.43. The SMILES string of the molecule is COc1cc(C)c(S(=O)(=O)NC(C#N)CCc2ccccc2)c(C)c1C. The van der Waals surface area contributed by atoms with E-state index in [1.54, 1.807) is 27.0 Å². The number of benzene rings is 2. The first kappa shape index (κ1) is 20.0. The van der Waals surface area contributed by atoms with E-state index in [2.05, 4.69) is 10.8 Å². The summed E-state index contributed by atoms with van der Waals surface area (Å²) >= 11 is 0. The quantitative estimate of drug-likeness (QED) is 0.808. The molecule has 0 amide bonds. The molecule has 0 aromatic heterocycles. The van der Waals surface area contributed by atoms with E-state index in [0.717, 1.165) is 11.1 Å². The van der Waals surface area contributed by atoms with Crippen LogP contribution < -0.4 is 9.46 Å². The van der Waals surface area contributed by atoms with Gasteiger partial charge in [-0.1, -0.05) is 30.3 Å². The lowest BCUT2D eigenvalue weighted by atomic mass is 10.1. The molecule has 0 saturated heterocycles. The Bertz CT molecular complexity index is 916. The first-order valence-electron chi connectivity index (χ1n) is 8.40. The Morgan fingerprint density at radius 2 is 1.81 bits per heavy atom. The topological polar surface area (TPSA) is 79.2 Å². The maximum absolute atomic E-state index is 12.9. The maximum Gasteiger partial charge on any atom is 0.242 e. The molecule has 2 rings (SSSR count). The largest absolute Gasteiger partial charge is 0.496 e. The molecule has 0 fully saturated rings. The molecule has 0 spiro atoms. The molecule has 1 N–H and O–H groups in total. The highest BCUT2D eigenvalue weighted by molar-refractivity contribution is 7.89. The van der Waals surface area contributed by atoms with Gasteiger partial charge in [0.15, 0.2) is 0 Å². The van der Waals surface area contributed by atoms with Crippen molar-refractivity contribution in [2.45, 2.75) is 44.6 Å². The molecule has 1 unspecified atom stereocenters. The molecule has 1 atom stereocenters. The summed E-state index contributed by atoms with van der Waals surface area (Å²) in [4.78, 5) is 0.218. The van der Waals surface area contributed by atoms with Crippen LogP contribution in [0.3, 0.4) is 0 Å². The standard InChI is InChI=1S/C20H24N2O3S/c1-14-12-19(25-4)15(2)16(3)20(14)26(23,24)22-18(13-21)11-10-17-8-6-5-7-9-17/h5-9,12,18,22H,10-11H2,1-4H3. The van der Waals surface area contributed by atoms with Crippen LogP contribution in [0.5, 0.6) is 5.75 Å². The average molecular weight is 372 g/mol. The van der Waals surface area contributed by atoms with Gasteiger partial charge in [0.05, 0.1) is 18.1 Å². The summed E-state index contributed by atoms with van der Waals surface area (Å²) < 4.78 is 33.6. The Morgan fingerprint density at radius 1 is 1.15 bits per heavy atom. The van der Waals surface area contributed by atoms with Crippen LogP contribution in [0.2, 0.25) is 0 Å². The van der Waals surface area contributed by atoms with Crippen LogP contribution in [0.4, 0.5) is 0 Å². The molecule has 26 heavy (non-hydrogen) atoms. The van der Waals surface area contributed by atoms with Crippen molar-refractivity contribution >= 4 is 10.0 Å². The predicted molar refractivity (Wildman–Crippen MR) is 102 cm³/mol. The summed E-state index contributed by atoms with van der Waals surface area (Å²) in [6, 6.07) is 12.7. The van der Waals surface area contributed by atoms with Crippen molar-refractivity contribution in [2.24, 2.45) is 0 Å². The van der Waals surface area contributed by atoms with Gasteiger partial charge in [-0.3, -0.25) is 0 Å². The second kappa shape index (κ2) is 8.35. The van der Waals surface area contributed by atoms with Gasteiger partial charge in [0, 0.05) is 0 Å². The monoisotopic (exact) mass is 372 g/mol. The molecule has 2 aromatic rings. The first-order chi connectivity index (χ1) is 12.3. The number of aryl methyl sites for hydroxylation is 2. The molecule has 0 bridgehead atoms. The number of nitrogens with one attached hydrogen (secondary N) is 1. The van der Waals surface area contributed by atoms with Gasteiger partial charge >= 0.3 is 0 Å². The van der Waals surface area contributed by atoms with Crippen molar-refractivity contribution in [3.63, 3.8) is 0 Å². The minimum Gasteiger partial charge on any atom is -0.496 e. The third-order valence-corrected chi connectivity index (χ3v) is 6.25. The molecule has 0 heterocycles. The van der Waals surface area contributed by atoms with E-state index in [1.807, 2.05) is 37.3 Å². The van der Waals surface area contributed by atoms with Gasteiger partial charge in [-0.25, -0.2) is 8.42 Å². The van der Waals surface area contributed by atoms with Gasteiger partial charge in [0.25, 0.3) is 0 Å². The number of hydrogen-bond donors (Lipinski definition) is 1. The summed E-state index contributed by atoms with van der Waals surface area (Å²) in [5.74, 6) is 0.653. The summed E-state index contributed by atoms with van der Waals surface area (Å²) in [6.45, 7) is 5.31. The van der Waals surface area contributed by atoms with Gasteiger partial charge in [-0.2, -0.15) is 9.98 Å². The summed E-state index contributed by atoms with van der Waals surface area (Å²) in [5, 5.41) is 9.39. The fraction of sp³-hybridized carbons (Fsp3) is 0.350. The number of methoxy groups -OCH3 is 1. The number of nitriles is 1. The van der Waals surface area contributed by atoms with Crippen LogP contribution in [0, 0.1) is 32.1 Å². The van der Waals surface area contributed by atoms with Crippen LogP contribution in [0.1, 0.15) is 28.7 Å². The Labute approximate surface area is 155 Å². The van der Waals surface area contributed by atoms with Crippen molar-refractivity contribution in [1.29, 1.82) is 5.26 Å².